The van der Waals surface area contributed by atoms with Crippen molar-refractivity contribution in [1.29, 1.82) is 0 Å². The molecule has 0 spiro atoms. The molecule has 0 atom stereocenters. The lowest BCUT2D eigenvalue weighted by atomic mass is 9.99. The van der Waals surface area contributed by atoms with Crippen LogP contribution in [0.15, 0.2) is 78.9 Å². The van der Waals surface area contributed by atoms with Crippen LogP contribution in [0.25, 0.3) is 0 Å². The molecule has 0 fully saturated rings. The van der Waals surface area contributed by atoms with Crippen LogP contribution in [-0.4, -0.2) is 23.6 Å². The lowest BCUT2D eigenvalue weighted by molar-refractivity contribution is -0.137. The summed E-state index contributed by atoms with van der Waals surface area (Å²) in [6.45, 7) is 0.338. The van der Waals surface area contributed by atoms with Gasteiger partial charge in [0, 0.05) is 17.7 Å². The molecular weight excluding hydrogens is 366 g/mol. The van der Waals surface area contributed by atoms with Gasteiger partial charge in [-0.15, -0.1) is 0 Å². The number of carboxylic acids is 1. The Hall–Kier alpha value is -3.60. The van der Waals surface area contributed by atoms with Crippen molar-refractivity contribution in [2.75, 3.05) is 11.9 Å². The van der Waals surface area contributed by atoms with Crippen molar-refractivity contribution in [2.45, 2.75) is 19.3 Å². The molecule has 3 aromatic carbocycles. The highest BCUT2D eigenvalue weighted by Gasteiger charge is 2.11. The fraction of sp³-hybridized carbons (Fsp3) is 0.167. The first-order valence-electron chi connectivity index (χ1n) is 9.49. The summed E-state index contributed by atoms with van der Waals surface area (Å²) in [5, 5.41) is 11.6. The molecule has 5 heteroatoms. The normalized spacial score (nSPS) is 10.3. The standard InChI is InChI=1S/C24H23NO4/c26-23(27)11-6-16-29-21-14-12-20(13-15-21)25-24(28)22-10-5-4-9-19(22)17-18-7-2-1-3-8-18/h1-5,7-10,12-15H,6,11,16-17H2,(H,25,28)(H,26,27). The second-order valence-corrected chi connectivity index (χ2v) is 6.64. The van der Waals surface area contributed by atoms with Crippen molar-refractivity contribution in [1.82, 2.24) is 0 Å². The third-order valence-electron chi connectivity index (χ3n) is 4.42. The Balaban J connectivity index is 1.61. The summed E-state index contributed by atoms with van der Waals surface area (Å²) in [7, 11) is 0. The lowest BCUT2D eigenvalue weighted by Gasteiger charge is -2.11. The first-order chi connectivity index (χ1) is 14.1. The van der Waals surface area contributed by atoms with Gasteiger partial charge in [-0.05, 0) is 54.3 Å². The number of carboxylic acid groups (broad SMARTS) is 1. The van der Waals surface area contributed by atoms with E-state index in [0.29, 0.717) is 36.4 Å². The van der Waals surface area contributed by atoms with Crippen LogP contribution in [0.1, 0.15) is 34.3 Å². The van der Waals surface area contributed by atoms with Crippen molar-refractivity contribution in [3.05, 3.63) is 95.6 Å². The molecule has 0 aliphatic heterocycles. The molecule has 1 amide bonds. The summed E-state index contributed by atoms with van der Waals surface area (Å²) >= 11 is 0. The van der Waals surface area contributed by atoms with E-state index in [-0.39, 0.29) is 12.3 Å². The van der Waals surface area contributed by atoms with E-state index in [0.717, 1.165) is 11.1 Å². The van der Waals surface area contributed by atoms with E-state index >= 15 is 0 Å². The van der Waals surface area contributed by atoms with Crippen LogP contribution in [0.5, 0.6) is 5.75 Å². The average Bonchev–Trinajstić information content (AvgIpc) is 2.73. The van der Waals surface area contributed by atoms with Gasteiger partial charge in [-0.1, -0.05) is 48.5 Å². The van der Waals surface area contributed by atoms with Crippen LogP contribution >= 0.6 is 0 Å². The summed E-state index contributed by atoms with van der Waals surface area (Å²) in [5.74, 6) is -0.358. The molecule has 5 nitrogen and oxygen atoms in total. The van der Waals surface area contributed by atoms with Gasteiger partial charge in [0.1, 0.15) is 5.75 Å². The zero-order valence-electron chi connectivity index (χ0n) is 16.0. The Kier molecular flexibility index (Phi) is 7.00. The van der Waals surface area contributed by atoms with Crippen molar-refractivity contribution in [3.8, 4) is 5.75 Å². The maximum atomic E-state index is 12.8. The summed E-state index contributed by atoms with van der Waals surface area (Å²) in [5.41, 5.74) is 3.43. The highest BCUT2D eigenvalue weighted by molar-refractivity contribution is 6.05. The van der Waals surface area contributed by atoms with Gasteiger partial charge >= 0.3 is 5.97 Å². The van der Waals surface area contributed by atoms with Crippen LogP contribution in [0, 0.1) is 0 Å². The number of hydrogen-bond acceptors (Lipinski definition) is 3. The number of anilines is 1. The van der Waals surface area contributed by atoms with Crippen molar-refractivity contribution in [2.24, 2.45) is 0 Å². The number of rotatable bonds is 9. The highest BCUT2D eigenvalue weighted by Crippen LogP contribution is 2.19. The van der Waals surface area contributed by atoms with Crippen LogP contribution < -0.4 is 10.1 Å². The first kappa shape index (κ1) is 20.1. The van der Waals surface area contributed by atoms with E-state index in [1.165, 1.54) is 0 Å². The minimum absolute atomic E-state index is 0.0799. The maximum Gasteiger partial charge on any atom is 0.303 e. The molecule has 0 bridgehead atoms. The predicted molar refractivity (Wildman–Crippen MR) is 112 cm³/mol. The summed E-state index contributed by atoms with van der Waals surface area (Å²) in [6, 6.07) is 24.7. The average molecular weight is 389 g/mol. The summed E-state index contributed by atoms with van der Waals surface area (Å²) in [6.07, 6.45) is 1.22. The van der Waals surface area contributed by atoms with E-state index in [9.17, 15) is 9.59 Å². The van der Waals surface area contributed by atoms with Gasteiger partial charge in [-0.25, -0.2) is 0 Å². The zero-order chi connectivity index (χ0) is 20.5. The Morgan fingerprint density at radius 2 is 1.55 bits per heavy atom. The minimum atomic E-state index is -0.834. The number of aliphatic carboxylic acids is 1. The van der Waals surface area contributed by atoms with Crippen LogP contribution in [0.3, 0.4) is 0 Å². The quantitative estimate of drug-likeness (QED) is 0.517. The van der Waals surface area contributed by atoms with E-state index in [1.807, 2.05) is 54.6 Å². The van der Waals surface area contributed by atoms with E-state index in [4.69, 9.17) is 9.84 Å². The van der Waals surface area contributed by atoms with Gasteiger partial charge in [-0.2, -0.15) is 0 Å². The second-order valence-electron chi connectivity index (χ2n) is 6.64. The second kappa shape index (κ2) is 10.1. The molecule has 2 N–H and O–H groups in total. The SMILES string of the molecule is O=C(O)CCCOc1ccc(NC(=O)c2ccccc2Cc2ccccc2)cc1. The van der Waals surface area contributed by atoms with E-state index in [1.54, 1.807) is 24.3 Å². The Bertz CT molecular complexity index is 952. The van der Waals surface area contributed by atoms with Crippen molar-refractivity contribution in [3.63, 3.8) is 0 Å². The Morgan fingerprint density at radius 3 is 2.28 bits per heavy atom. The molecule has 0 saturated carbocycles. The number of nitrogens with one attached hydrogen (secondary N) is 1. The number of carbonyl (C=O) groups is 2. The van der Waals surface area contributed by atoms with E-state index in [2.05, 4.69) is 5.32 Å². The number of ether oxygens (including phenoxy) is 1. The molecule has 0 saturated heterocycles. The highest BCUT2D eigenvalue weighted by atomic mass is 16.5. The van der Waals surface area contributed by atoms with Gasteiger partial charge in [0.25, 0.3) is 5.91 Å². The van der Waals surface area contributed by atoms with Gasteiger partial charge < -0.3 is 15.2 Å². The molecule has 3 rings (SSSR count). The lowest BCUT2D eigenvalue weighted by Crippen LogP contribution is -2.14. The smallest absolute Gasteiger partial charge is 0.303 e. The minimum Gasteiger partial charge on any atom is -0.494 e. The summed E-state index contributed by atoms with van der Waals surface area (Å²) < 4.78 is 5.51. The van der Waals surface area contributed by atoms with Gasteiger partial charge in [-0.3, -0.25) is 9.59 Å². The van der Waals surface area contributed by atoms with Crippen molar-refractivity contribution < 1.29 is 19.4 Å². The van der Waals surface area contributed by atoms with Crippen LogP contribution in [0.2, 0.25) is 0 Å². The summed E-state index contributed by atoms with van der Waals surface area (Å²) in [4.78, 5) is 23.3. The zero-order valence-corrected chi connectivity index (χ0v) is 16.0. The molecule has 0 radical (unpaired) electrons. The molecule has 29 heavy (non-hydrogen) atoms. The molecule has 0 aromatic heterocycles. The van der Waals surface area contributed by atoms with Crippen LogP contribution in [0.4, 0.5) is 5.69 Å². The largest absolute Gasteiger partial charge is 0.494 e. The van der Waals surface area contributed by atoms with Gasteiger partial charge in [0.05, 0.1) is 6.61 Å². The Morgan fingerprint density at radius 1 is 0.862 bits per heavy atom. The molecular formula is C24H23NO4. The first-order valence-corrected chi connectivity index (χ1v) is 9.49. The third-order valence-corrected chi connectivity index (χ3v) is 4.42. The predicted octanol–water partition coefficient (Wildman–Crippen LogP) is 4.77. The Labute approximate surface area is 170 Å². The fourth-order valence-electron chi connectivity index (χ4n) is 2.96. The fourth-order valence-corrected chi connectivity index (χ4v) is 2.96. The van der Waals surface area contributed by atoms with Crippen molar-refractivity contribution >= 4 is 17.6 Å². The molecule has 3 aromatic rings. The molecule has 0 heterocycles. The van der Waals surface area contributed by atoms with E-state index < -0.39 is 5.97 Å². The monoisotopic (exact) mass is 389 g/mol. The molecule has 0 unspecified atom stereocenters. The molecule has 148 valence electrons. The molecule has 0 aliphatic rings. The number of carbonyl (C=O) groups excluding carboxylic acids is 1. The third kappa shape index (κ3) is 6.21. The topological polar surface area (TPSA) is 75.6 Å². The number of benzene rings is 3. The van der Waals surface area contributed by atoms with Crippen LogP contribution in [-0.2, 0) is 11.2 Å². The van der Waals surface area contributed by atoms with Gasteiger partial charge in [0.15, 0.2) is 0 Å². The number of amides is 1. The van der Waals surface area contributed by atoms with Gasteiger partial charge in [0.2, 0.25) is 0 Å². The maximum absolute atomic E-state index is 12.8. The number of hydrogen-bond donors (Lipinski definition) is 2. The molecule has 0 aliphatic carbocycles.